The van der Waals surface area contributed by atoms with E-state index in [0.29, 0.717) is 11.1 Å². The SMILES string of the molecule is C.[CH2-]c1ccc(C(F)(F)F)cc1-c1ccc(CC)cc1.[K+]. The number of halogens is 3. The van der Waals surface area contributed by atoms with Gasteiger partial charge in [0.25, 0.3) is 0 Å². The van der Waals surface area contributed by atoms with E-state index in [0.717, 1.165) is 29.7 Å². The zero-order valence-electron chi connectivity index (χ0n) is 11.6. The summed E-state index contributed by atoms with van der Waals surface area (Å²) in [4.78, 5) is 0. The van der Waals surface area contributed by atoms with Crippen molar-refractivity contribution in [2.45, 2.75) is 26.9 Å². The molecule has 4 heteroatoms. The van der Waals surface area contributed by atoms with Gasteiger partial charge in [0.1, 0.15) is 0 Å². The van der Waals surface area contributed by atoms with Gasteiger partial charge in [0.15, 0.2) is 0 Å². The van der Waals surface area contributed by atoms with Gasteiger partial charge in [-0.2, -0.15) is 31.7 Å². The van der Waals surface area contributed by atoms with Crippen LogP contribution in [0, 0.1) is 6.92 Å². The molecule has 0 aliphatic carbocycles. The number of benzene rings is 2. The summed E-state index contributed by atoms with van der Waals surface area (Å²) >= 11 is 0. The first-order valence-corrected chi connectivity index (χ1v) is 6.04. The normalized spacial score (nSPS) is 10.5. The minimum Gasteiger partial charge on any atom is -0.198 e. The monoisotopic (exact) mass is 318 g/mol. The van der Waals surface area contributed by atoms with E-state index in [1.165, 1.54) is 6.07 Å². The Labute approximate surface area is 167 Å². The summed E-state index contributed by atoms with van der Waals surface area (Å²) in [5.41, 5.74) is 2.39. The van der Waals surface area contributed by atoms with Crippen LogP contribution in [0.4, 0.5) is 13.2 Å². The largest absolute Gasteiger partial charge is 1.00 e. The van der Waals surface area contributed by atoms with Crippen LogP contribution in [-0.4, -0.2) is 0 Å². The smallest absolute Gasteiger partial charge is 0.198 e. The Morgan fingerprint density at radius 3 is 2.05 bits per heavy atom. The van der Waals surface area contributed by atoms with Gasteiger partial charge in [-0.05, 0) is 12.0 Å². The number of rotatable bonds is 2. The fraction of sp³-hybridized carbons (Fsp3) is 0.235. The molecular formula is C17H18F3K. The third kappa shape index (κ3) is 5.15. The van der Waals surface area contributed by atoms with Crippen LogP contribution in [0.2, 0.25) is 0 Å². The second kappa shape index (κ2) is 8.39. The Morgan fingerprint density at radius 1 is 1.00 bits per heavy atom. The second-order valence-electron chi connectivity index (χ2n) is 4.42. The van der Waals surface area contributed by atoms with Crippen LogP contribution in [0.1, 0.15) is 31.0 Å². The van der Waals surface area contributed by atoms with E-state index in [2.05, 4.69) is 6.92 Å². The third-order valence-electron chi connectivity index (χ3n) is 3.11. The number of hydrogen-bond acceptors (Lipinski definition) is 0. The number of hydrogen-bond donors (Lipinski definition) is 0. The maximum Gasteiger partial charge on any atom is 1.00 e. The molecule has 2 aromatic rings. The van der Waals surface area contributed by atoms with Crippen LogP contribution in [-0.2, 0) is 12.6 Å². The predicted molar refractivity (Wildman–Crippen MR) is 77.4 cm³/mol. The molecule has 0 spiro atoms. The van der Waals surface area contributed by atoms with Crippen LogP contribution in [0.3, 0.4) is 0 Å². The van der Waals surface area contributed by atoms with Gasteiger partial charge < -0.3 is 0 Å². The molecule has 0 nitrogen and oxygen atoms in total. The standard InChI is InChI=1S/C16H14F3.CH4.K/c1-3-12-5-7-13(8-6-12)15-10-14(16(17,18)19)9-4-11(15)2;;/h4-10H,2-3H2,1H3;1H4;/q-1;;+1. The number of alkyl halides is 3. The average Bonchev–Trinajstić information content (AvgIpc) is 2.38. The minimum absolute atomic E-state index is 0. The van der Waals surface area contributed by atoms with Crippen molar-refractivity contribution in [3.63, 3.8) is 0 Å². The Balaban J connectivity index is 0.00000200. The van der Waals surface area contributed by atoms with E-state index in [1.54, 1.807) is 0 Å². The molecular weight excluding hydrogens is 300 g/mol. The van der Waals surface area contributed by atoms with E-state index < -0.39 is 11.7 Å². The summed E-state index contributed by atoms with van der Waals surface area (Å²) in [6.45, 7) is 5.83. The van der Waals surface area contributed by atoms with E-state index in [4.69, 9.17) is 0 Å². The molecule has 0 fully saturated rings. The van der Waals surface area contributed by atoms with E-state index in [1.807, 2.05) is 31.2 Å². The molecule has 0 saturated carbocycles. The molecule has 2 rings (SSSR count). The zero-order chi connectivity index (χ0) is 14.0. The molecule has 0 aromatic heterocycles. The molecule has 2 aromatic carbocycles. The molecule has 0 bridgehead atoms. The third-order valence-corrected chi connectivity index (χ3v) is 3.11. The first-order chi connectivity index (χ1) is 8.91. The molecule has 0 saturated heterocycles. The summed E-state index contributed by atoms with van der Waals surface area (Å²) in [7, 11) is 0. The van der Waals surface area contributed by atoms with Gasteiger partial charge in [-0.15, -0.1) is 11.6 Å². The van der Waals surface area contributed by atoms with Crippen molar-refractivity contribution in [2.24, 2.45) is 0 Å². The van der Waals surface area contributed by atoms with Crippen molar-refractivity contribution in [1.82, 2.24) is 0 Å². The molecule has 0 radical (unpaired) electrons. The van der Waals surface area contributed by atoms with Gasteiger partial charge in [0.05, 0.1) is 0 Å². The first-order valence-electron chi connectivity index (χ1n) is 6.04. The van der Waals surface area contributed by atoms with E-state index in [-0.39, 0.29) is 58.8 Å². The first kappa shape index (κ1) is 20.7. The van der Waals surface area contributed by atoms with Crippen LogP contribution in [0.25, 0.3) is 11.1 Å². The summed E-state index contributed by atoms with van der Waals surface area (Å²) in [6, 6.07) is 11.2. The van der Waals surface area contributed by atoms with Gasteiger partial charge in [0.2, 0.25) is 0 Å². The molecule has 0 aliphatic heterocycles. The van der Waals surface area contributed by atoms with Crippen LogP contribution >= 0.6 is 0 Å². The van der Waals surface area contributed by atoms with E-state index >= 15 is 0 Å². The Morgan fingerprint density at radius 2 is 1.57 bits per heavy atom. The molecule has 0 atom stereocenters. The van der Waals surface area contributed by atoms with Crippen molar-refractivity contribution in [1.29, 1.82) is 0 Å². The molecule has 108 valence electrons. The Hall–Kier alpha value is -0.264. The Kier molecular flexibility index (Phi) is 8.28. The van der Waals surface area contributed by atoms with Gasteiger partial charge in [0, 0.05) is 5.56 Å². The fourth-order valence-corrected chi connectivity index (χ4v) is 1.94. The maximum atomic E-state index is 12.7. The zero-order valence-corrected chi connectivity index (χ0v) is 14.7. The average molecular weight is 318 g/mol. The van der Waals surface area contributed by atoms with Crippen molar-refractivity contribution < 1.29 is 64.6 Å². The molecule has 0 aliphatic rings. The molecule has 21 heavy (non-hydrogen) atoms. The predicted octanol–water partition coefficient (Wildman–Crippen LogP) is 2.76. The fourth-order valence-electron chi connectivity index (χ4n) is 1.94. The van der Waals surface area contributed by atoms with Crippen molar-refractivity contribution >= 4 is 0 Å². The van der Waals surface area contributed by atoms with Gasteiger partial charge >= 0.3 is 57.6 Å². The molecule has 0 N–H and O–H groups in total. The van der Waals surface area contributed by atoms with Crippen molar-refractivity contribution in [3.05, 3.63) is 66.1 Å². The topological polar surface area (TPSA) is 0 Å². The summed E-state index contributed by atoms with van der Waals surface area (Å²) in [5.74, 6) is 0. The van der Waals surface area contributed by atoms with Crippen molar-refractivity contribution in [2.75, 3.05) is 0 Å². The summed E-state index contributed by atoms with van der Waals surface area (Å²) < 4.78 is 38.1. The van der Waals surface area contributed by atoms with Gasteiger partial charge in [-0.3, -0.25) is 0 Å². The quantitative estimate of drug-likeness (QED) is 0.590. The van der Waals surface area contributed by atoms with Crippen LogP contribution in [0.5, 0.6) is 0 Å². The minimum atomic E-state index is -4.33. The molecule has 0 heterocycles. The maximum absolute atomic E-state index is 12.7. The second-order valence-corrected chi connectivity index (χ2v) is 4.42. The summed E-state index contributed by atoms with van der Waals surface area (Å²) in [5, 5.41) is 0. The molecule has 0 unspecified atom stereocenters. The Bertz CT molecular complexity index is 572. The number of aryl methyl sites for hydroxylation is 1. The van der Waals surface area contributed by atoms with Crippen LogP contribution in [0.15, 0.2) is 42.5 Å². The van der Waals surface area contributed by atoms with E-state index in [9.17, 15) is 13.2 Å². The van der Waals surface area contributed by atoms with Crippen molar-refractivity contribution in [3.8, 4) is 11.1 Å². The molecule has 0 amide bonds. The van der Waals surface area contributed by atoms with Gasteiger partial charge in [-0.1, -0.05) is 50.2 Å². The van der Waals surface area contributed by atoms with Crippen LogP contribution < -0.4 is 51.4 Å². The summed E-state index contributed by atoms with van der Waals surface area (Å²) in [6.07, 6.45) is -3.42. The van der Waals surface area contributed by atoms with Gasteiger partial charge in [-0.25, -0.2) is 0 Å².